The molecule has 1 aliphatic rings. The molecule has 2 heterocycles. The maximum Gasteiger partial charge on any atom is 0.129 e. The molecule has 1 aromatic carbocycles. The Morgan fingerprint density at radius 1 is 1.06 bits per heavy atom. The number of nitrogens with two attached hydrogens (primary N) is 1. The standard InChI is InChI=1S/C14H18N4/c1-17-7-9-18(10-8-17)14-6-5-11-12(15)3-2-4-13(11)16-14/h2-6H,7-10,15H2,1H3. The predicted molar refractivity (Wildman–Crippen MR) is 75.9 cm³/mol. The molecule has 3 rings (SSSR count). The van der Waals surface area contributed by atoms with E-state index in [2.05, 4.69) is 29.0 Å². The molecule has 0 amide bonds. The van der Waals surface area contributed by atoms with Gasteiger partial charge >= 0.3 is 0 Å². The number of piperazine rings is 1. The molecule has 0 atom stereocenters. The number of hydrogen-bond acceptors (Lipinski definition) is 4. The number of hydrogen-bond donors (Lipinski definition) is 1. The lowest BCUT2D eigenvalue weighted by Crippen LogP contribution is -2.44. The zero-order valence-corrected chi connectivity index (χ0v) is 10.6. The van der Waals surface area contributed by atoms with Gasteiger partial charge in [-0.1, -0.05) is 6.07 Å². The monoisotopic (exact) mass is 242 g/mol. The lowest BCUT2D eigenvalue weighted by Gasteiger charge is -2.33. The summed E-state index contributed by atoms with van der Waals surface area (Å²) in [6, 6.07) is 10.0. The molecule has 4 nitrogen and oxygen atoms in total. The highest BCUT2D eigenvalue weighted by Crippen LogP contribution is 2.23. The van der Waals surface area contributed by atoms with Crippen LogP contribution in [0.1, 0.15) is 0 Å². The van der Waals surface area contributed by atoms with Crippen LogP contribution in [-0.2, 0) is 0 Å². The summed E-state index contributed by atoms with van der Waals surface area (Å²) in [4.78, 5) is 9.39. The van der Waals surface area contributed by atoms with E-state index >= 15 is 0 Å². The van der Waals surface area contributed by atoms with Crippen molar-refractivity contribution in [1.29, 1.82) is 0 Å². The summed E-state index contributed by atoms with van der Waals surface area (Å²) in [6.45, 7) is 4.27. The van der Waals surface area contributed by atoms with Gasteiger partial charge in [-0.25, -0.2) is 4.98 Å². The van der Waals surface area contributed by atoms with E-state index in [4.69, 9.17) is 10.7 Å². The molecule has 2 N–H and O–H groups in total. The van der Waals surface area contributed by atoms with E-state index in [1.54, 1.807) is 0 Å². The largest absolute Gasteiger partial charge is 0.398 e. The number of likely N-dealkylation sites (N-methyl/N-ethyl adjacent to an activating group) is 1. The number of pyridine rings is 1. The second-order valence-electron chi connectivity index (χ2n) is 4.87. The molecule has 0 aliphatic carbocycles. The van der Waals surface area contributed by atoms with Crippen LogP contribution < -0.4 is 10.6 Å². The summed E-state index contributed by atoms with van der Waals surface area (Å²) in [5, 5.41) is 1.04. The third kappa shape index (κ3) is 1.99. The Morgan fingerprint density at radius 2 is 1.83 bits per heavy atom. The number of nitrogens with zero attached hydrogens (tertiary/aromatic N) is 3. The van der Waals surface area contributed by atoms with E-state index in [1.807, 2.05) is 18.2 Å². The van der Waals surface area contributed by atoms with Crippen LogP contribution in [-0.4, -0.2) is 43.1 Å². The van der Waals surface area contributed by atoms with Gasteiger partial charge in [-0.3, -0.25) is 0 Å². The van der Waals surface area contributed by atoms with Crippen molar-refractivity contribution in [2.24, 2.45) is 0 Å². The molecule has 94 valence electrons. The molecule has 1 fully saturated rings. The Labute approximate surface area is 107 Å². The van der Waals surface area contributed by atoms with Gasteiger partial charge in [0.1, 0.15) is 5.82 Å². The third-order valence-corrected chi connectivity index (χ3v) is 3.58. The van der Waals surface area contributed by atoms with Crippen molar-refractivity contribution in [3.8, 4) is 0 Å². The average Bonchev–Trinajstić information content (AvgIpc) is 2.39. The van der Waals surface area contributed by atoms with Crippen molar-refractivity contribution in [2.75, 3.05) is 43.9 Å². The molecule has 4 heteroatoms. The number of anilines is 2. The first kappa shape index (κ1) is 11.3. The Morgan fingerprint density at radius 3 is 2.61 bits per heavy atom. The third-order valence-electron chi connectivity index (χ3n) is 3.58. The van der Waals surface area contributed by atoms with Crippen LogP contribution in [0.4, 0.5) is 11.5 Å². The van der Waals surface area contributed by atoms with Gasteiger partial charge in [0.25, 0.3) is 0 Å². The molecule has 18 heavy (non-hydrogen) atoms. The highest BCUT2D eigenvalue weighted by molar-refractivity contribution is 5.91. The van der Waals surface area contributed by atoms with Crippen molar-refractivity contribution >= 4 is 22.4 Å². The van der Waals surface area contributed by atoms with Gasteiger partial charge in [0.15, 0.2) is 0 Å². The van der Waals surface area contributed by atoms with Gasteiger partial charge < -0.3 is 15.5 Å². The van der Waals surface area contributed by atoms with Gasteiger partial charge in [-0.15, -0.1) is 0 Å². The molecule has 1 aromatic heterocycles. The number of fused-ring (bicyclic) bond motifs is 1. The van der Waals surface area contributed by atoms with E-state index in [-0.39, 0.29) is 0 Å². The van der Waals surface area contributed by atoms with Crippen molar-refractivity contribution in [1.82, 2.24) is 9.88 Å². The Hall–Kier alpha value is -1.81. The fourth-order valence-electron chi connectivity index (χ4n) is 2.38. The van der Waals surface area contributed by atoms with Crippen LogP contribution in [0.5, 0.6) is 0 Å². The second-order valence-corrected chi connectivity index (χ2v) is 4.87. The number of rotatable bonds is 1. The summed E-state index contributed by atoms with van der Waals surface area (Å²) in [7, 11) is 2.16. The van der Waals surface area contributed by atoms with Crippen LogP contribution in [0.15, 0.2) is 30.3 Å². The summed E-state index contributed by atoms with van der Waals surface area (Å²) < 4.78 is 0. The fraction of sp³-hybridized carbons (Fsp3) is 0.357. The summed E-state index contributed by atoms with van der Waals surface area (Å²) in [5.74, 6) is 1.06. The zero-order chi connectivity index (χ0) is 12.5. The topological polar surface area (TPSA) is 45.4 Å². The molecule has 0 saturated carbocycles. The lowest BCUT2D eigenvalue weighted by atomic mass is 10.2. The van der Waals surface area contributed by atoms with Crippen LogP contribution in [0.3, 0.4) is 0 Å². The van der Waals surface area contributed by atoms with E-state index in [0.29, 0.717) is 0 Å². The van der Waals surface area contributed by atoms with Crippen LogP contribution in [0, 0.1) is 0 Å². The Balaban J connectivity index is 1.94. The normalized spacial score (nSPS) is 17.3. The quantitative estimate of drug-likeness (QED) is 0.771. The maximum atomic E-state index is 5.94. The molecule has 1 saturated heterocycles. The van der Waals surface area contributed by atoms with Crippen LogP contribution >= 0.6 is 0 Å². The van der Waals surface area contributed by atoms with Gasteiger partial charge in [0.2, 0.25) is 0 Å². The summed E-state index contributed by atoms with van der Waals surface area (Å²) in [5.41, 5.74) is 7.72. The smallest absolute Gasteiger partial charge is 0.129 e. The first-order valence-electron chi connectivity index (χ1n) is 6.33. The van der Waals surface area contributed by atoms with Crippen molar-refractivity contribution in [3.05, 3.63) is 30.3 Å². The number of nitrogen functional groups attached to an aromatic ring is 1. The van der Waals surface area contributed by atoms with Gasteiger partial charge in [0, 0.05) is 37.3 Å². The number of aromatic nitrogens is 1. The van der Waals surface area contributed by atoms with Crippen LogP contribution in [0.25, 0.3) is 10.9 Å². The Kier molecular flexibility index (Phi) is 2.80. The molecule has 0 radical (unpaired) electrons. The van der Waals surface area contributed by atoms with Gasteiger partial charge in [0.05, 0.1) is 5.52 Å². The molecule has 2 aromatic rings. The fourth-order valence-corrected chi connectivity index (χ4v) is 2.38. The predicted octanol–water partition coefficient (Wildman–Crippen LogP) is 1.57. The van der Waals surface area contributed by atoms with Crippen molar-refractivity contribution < 1.29 is 0 Å². The molecular weight excluding hydrogens is 224 g/mol. The van der Waals surface area contributed by atoms with E-state index in [0.717, 1.165) is 48.6 Å². The van der Waals surface area contributed by atoms with Gasteiger partial charge in [-0.2, -0.15) is 0 Å². The van der Waals surface area contributed by atoms with E-state index in [9.17, 15) is 0 Å². The molecule has 0 unspecified atom stereocenters. The average molecular weight is 242 g/mol. The summed E-state index contributed by atoms with van der Waals surface area (Å²) in [6.07, 6.45) is 0. The first-order valence-corrected chi connectivity index (χ1v) is 6.33. The maximum absolute atomic E-state index is 5.94. The minimum absolute atomic E-state index is 0.796. The van der Waals surface area contributed by atoms with E-state index < -0.39 is 0 Å². The molecule has 0 spiro atoms. The lowest BCUT2D eigenvalue weighted by molar-refractivity contribution is 0.312. The van der Waals surface area contributed by atoms with Gasteiger partial charge in [-0.05, 0) is 31.3 Å². The first-order chi connectivity index (χ1) is 8.74. The molecule has 1 aliphatic heterocycles. The highest BCUT2D eigenvalue weighted by atomic mass is 15.3. The highest BCUT2D eigenvalue weighted by Gasteiger charge is 2.15. The molecule has 0 bridgehead atoms. The summed E-state index contributed by atoms with van der Waals surface area (Å²) >= 11 is 0. The van der Waals surface area contributed by atoms with Crippen molar-refractivity contribution in [3.63, 3.8) is 0 Å². The van der Waals surface area contributed by atoms with Crippen LogP contribution in [0.2, 0.25) is 0 Å². The Bertz CT molecular complexity index is 559. The molecular formula is C14H18N4. The van der Waals surface area contributed by atoms with E-state index in [1.165, 1.54) is 0 Å². The minimum atomic E-state index is 0.796. The second kappa shape index (κ2) is 4.46. The zero-order valence-electron chi connectivity index (χ0n) is 10.6. The number of benzene rings is 1. The van der Waals surface area contributed by atoms with Crippen molar-refractivity contribution in [2.45, 2.75) is 0 Å². The minimum Gasteiger partial charge on any atom is -0.398 e. The SMILES string of the molecule is CN1CCN(c2ccc3c(N)cccc3n2)CC1.